The molecular formula is C15H16SiTi. The van der Waals surface area contributed by atoms with E-state index in [1.165, 1.54) is 11.1 Å². The van der Waals surface area contributed by atoms with Crippen LogP contribution in [-0.4, -0.2) is 8.80 Å². The Morgan fingerprint density at radius 1 is 0.765 bits per heavy atom. The molecule has 1 aliphatic rings. The number of fused-ring (bicyclic) bond motifs is 3. The smallest absolute Gasteiger partial charge is 0.0444 e. The average Bonchev–Trinajstić information content (AvgIpc) is 2.63. The average molecular weight is 272 g/mol. The van der Waals surface area contributed by atoms with E-state index in [0.717, 1.165) is 0 Å². The third-order valence-electron chi connectivity index (χ3n) is 3.55. The van der Waals surface area contributed by atoms with Crippen molar-refractivity contribution in [2.45, 2.75) is 18.6 Å². The summed E-state index contributed by atoms with van der Waals surface area (Å²) in [5.74, 6) is 0. The largest absolute Gasteiger partial charge is 0.0714 e. The van der Waals surface area contributed by atoms with Crippen LogP contribution >= 0.6 is 0 Å². The Hall–Kier alpha value is -0.629. The Balaban J connectivity index is 0.00000108. The zero-order chi connectivity index (χ0) is 11.1. The molecule has 84 valence electrons. The maximum Gasteiger partial charge on any atom is 0.0444 e. The van der Waals surface area contributed by atoms with Gasteiger partial charge in [-0.25, -0.2) is 0 Å². The molecule has 0 N–H and O–H groups in total. The van der Waals surface area contributed by atoms with Gasteiger partial charge in [0.1, 0.15) is 0 Å². The molecule has 2 heteroatoms. The summed E-state index contributed by atoms with van der Waals surface area (Å²) in [5.41, 5.74) is 6.76. The molecule has 0 saturated carbocycles. The van der Waals surface area contributed by atoms with Crippen LogP contribution in [0.3, 0.4) is 0 Å². The van der Waals surface area contributed by atoms with E-state index >= 15 is 0 Å². The summed E-state index contributed by atoms with van der Waals surface area (Å²) in [5, 5.41) is 0. The predicted octanol–water partition coefficient (Wildman–Crippen LogP) is 3.82. The fraction of sp³-hybridized carbons (Fsp3) is 0.200. The number of hydrogen-bond donors (Lipinski definition) is 0. The van der Waals surface area contributed by atoms with Crippen LogP contribution in [0.2, 0.25) is 13.1 Å². The van der Waals surface area contributed by atoms with E-state index in [2.05, 4.69) is 61.6 Å². The van der Waals surface area contributed by atoms with E-state index in [1.807, 2.05) is 0 Å². The second-order valence-electron chi connectivity index (χ2n) is 4.90. The normalized spacial score (nSPS) is 13.1. The molecule has 0 spiro atoms. The minimum absolute atomic E-state index is 0. The first-order valence-electron chi connectivity index (χ1n) is 5.97. The Morgan fingerprint density at radius 2 is 1.18 bits per heavy atom. The van der Waals surface area contributed by atoms with Gasteiger partial charge >= 0.3 is 0 Å². The van der Waals surface area contributed by atoms with Crippen LogP contribution < -0.4 is 0 Å². The van der Waals surface area contributed by atoms with Crippen molar-refractivity contribution in [3.63, 3.8) is 0 Å². The van der Waals surface area contributed by atoms with Crippen molar-refractivity contribution in [2.75, 3.05) is 0 Å². The summed E-state index contributed by atoms with van der Waals surface area (Å²) in [7, 11) is -0.697. The van der Waals surface area contributed by atoms with Gasteiger partial charge in [0.05, 0.1) is 0 Å². The first-order valence-corrected chi connectivity index (χ1v) is 8.95. The van der Waals surface area contributed by atoms with Crippen LogP contribution in [0.5, 0.6) is 0 Å². The van der Waals surface area contributed by atoms with Gasteiger partial charge in [0.2, 0.25) is 0 Å². The molecule has 0 bridgehead atoms. The maximum absolute atomic E-state index is 2.45. The Kier molecular flexibility index (Phi) is 3.72. The Labute approximate surface area is 120 Å². The van der Waals surface area contributed by atoms with Gasteiger partial charge < -0.3 is 0 Å². The van der Waals surface area contributed by atoms with Crippen molar-refractivity contribution >= 4 is 8.80 Å². The van der Waals surface area contributed by atoms with Gasteiger partial charge in [-0.05, 0) is 22.3 Å². The van der Waals surface area contributed by atoms with E-state index < -0.39 is 8.80 Å². The molecule has 3 rings (SSSR count). The quantitative estimate of drug-likeness (QED) is 0.692. The SMILES string of the molecule is C[SiH](C)C1c2ccccc2-c2ccccc21.[Ti]. The molecule has 0 fully saturated rings. The molecule has 0 aromatic heterocycles. The molecular weight excluding hydrogens is 256 g/mol. The van der Waals surface area contributed by atoms with Crippen molar-refractivity contribution in [2.24, 2.45) is 0 Å². The van der Waals surface area contributed by atoms with E-state index in [4.69, 9.17) is 0 Å². The zero-order valence-electron chi connectivity index (χ0n) is 10.3. The molecule has 0 amide bonds. The second-order valence-corrected chi connectivity index (χ2v) is 8.05. The van der Waals surface area contributed by atoms with Gasteiger partial charge in [0.15, 0.2) is 0 Å². The Morgan fingerprint density at radius 3 is 1.59 bits per heavy atom. The molecule has 2 aromatic rings. The first-order chi connectivity index (χ1) is 7.79. The molecule has 1 aliphatic carbocycles. The standard InChI is InChI=1S/C15H16Si.Ti/c1-16(2)15-13-9-5-3-7-11(13)12-8-4-6-10-14(12)15;/h3-10,15-16H,1-2H3;. The minimum Gasteiger partial charge on any atom is -0.0714 e. The van der Waals surface area contributed by atoms with Crippen LogP contribution in [0, 0.1) is 0 Å². The van der Waals surface area contributed by atoms with Crippen molar-refractivity contribution in [3.05, 3.63) is 59.7 Å². The van der Waals surface area contributed by atoms with E-state index in [-0.39, 0.29) is 21.7 Å². The molecule has 0 unspecified atom stereocenters. The molecule has 2 aromatic carbocycles. The van der Waals surface area contributed by atoms with Gasteiger partial charge in [-0.1, -0.05) is 61.6 Å². The molecule has 0 nitrogen and oxygen atoms in total. The summed E-state index contributed by atoms with van der Waals surface area (Å²) in [4.78, 5) is 0. The molecule has 0 atom stereocenters. The van der Waals surface area contributed by atoms with E-state index in [9.17, 15) is 0 Å². The molecule has 17 heavy (non-hydrogen) atoms. The summed E-state index contributed by atoms with van der Waals surface area (Å²) in [6.07, 6.45) is 0. The van der Waals surface area contributed by atoms with Crippen LogP contribution in [-0.2, 0) is 21.7 Å². The zero-order valence-corrected chi connectivity index (χ0v) is 13.0. The van der Waals surface area contributed by atoms with Gasteiger partial charge in [0, 0.05) is 36.1 Å². The van der Waals surface area contributed by atoms with Gasteiger partial charge in [-0.15, -0.1) is 0 Å². The maximum atomic E-state index is 2.45. The van der Waals surface area contributed by atoms with Crippen molar-refractivity contribution < 1.29 is 21.7 Å². The van der Waals surface area contributed by atoms with E-state index in [1.54, 1.807) is 11.1 Å². The Bertz CT molecular complexity index is 488. The van der Waals surface area contributed by atoms with Gasteiger partial charge in [0.25, 0.3) is 0 Å². The summed E-state index contributed by atoms with van der Waals surface area (Å²) in [6.45, 7) is 4.90. The van der Waals surface area contributed by atoms with Gasteiger partial charge in [-0.3, -0.25) is 0 Å². The van der Waals surface area contributed by atoms with Crippen molar-refractivity contribution in [1.29, 1.82) is 0 Å². The van der Waals surface area contributed by atoms with Crippen LogP contribution in [0.15, 0.2) is 48.5 Å². The molecule has 0 radical (unpaired) electrons. The summed E-state index contributed by atoms with van der Waals surface area (Å²) in [6, 6.07) is 17.8. The summed E-state index contributed by atoms with van der Waals surface area (Å²) >= 11 is 0. The third kappa shape index (κ3) is 1.97. The molecule has 0 aliphatic heterocycles. The number of benzene rings is 2. The topological polar surface area (TPSA) is 0 Å². The number of rotatable bonds is 1. The summed E-state index contributed by atoms with van der Waals surface area (Å²) < 4.78 is 0. The van der Waals surface area contributed by atoms with E-state index in [0.29, 0.717) is 5.54 Å². The number of hydrogen-bond acceptors (Lipinski definition) is 0. The van der Waals surface area contributed by atoms with Crippen LogP contribution in [0.25, 0.3) is 11.1 Å². The minimum atomic E-state index is -0.697. The predicted molar refractivity (Wildman–Crippen MR) is 72.6 cm³/mol. The fourth-order valence-electron chi connectivity index (χ4n) is 2.91. The molecule has 0 heterocycles. The van der Waals surface area contributed by atoms with Gasteiger partial charge in [-0.2, -0.15) is 0 Å². The van der Waals surface area contributed by atoms with Crippen molar-refractivity contribution in [3.8, 4) is 11.1 Å². The first kappa shape index (κ1) is 12.8. The second kappa shape index (κ2) is 4.93. The van der Waals surface area contributed by atoms with Crippen LogP contribution in [0.4, 0.5) is 0 Å². The molecule has 0 saturated heterocycles. The fourth-order valence-corrected chi connectivity index (χ4v) is 4.93. The van der Waals surface area contributed by atoms with Crippen LogP contribution in [0.1, 0.15) is 16.7 Å². The van der Waals surface area contributed by atoms with Crippen molar-refractivity contribution in [1.82, 2.24) is 0 Å². The monoisotopic (exact) mass is 272 g/mol. The third-order valence-corrected chi connectivity index (χ3v) is 5.60.